The first-order valence-electron chi connectivity index (χ1n) is 5.71. The van der Waals surface area contributed by atoms with Crippen LogP contribution in [-0.2, 0) is 4.74 Å². The lowest BCUT2D eigenvalue weighted by Crippen LogP contribution is -2.33. The number of hydrogen-bond donors (Lipinski definition) is 1. The summed E-state index contributed by atoms with van der Waals surface area (Å²) in [5.74, 6) is 0.647. The first-order chi connectivity index (χ1) is 7.99. The van der Waals surface area contributed by atoms with Gasteiger partial charge in [0.1, 0.15) is 18.0 Å². The van der Waals surface area contributed by atoms with Crippen LogP contribution in [0.1, 0.15) is 20.8 Å². The molecule has 1 aromatic carbocycles. The van der Waals surface area contributed by atoms with Gasteiger partial charge in [-0.2, -0.15) is 0 Å². The summed E-state index contributed by atoms with van der Waals surface area (Å²) in [6.45, 7) is 5.92. The minimum atomic E-state index is -0.656. The molecule has 96 valence electrons. The van der Waals surface area contributed by atoms with Crippen molar-refractivity contribution in [1.29, 1.82) is 0 Å². The van der Waals surface area contributed by atoms with Crippen molar-refractivity contribution in [1.82, 2.24) is 0 Å². The zero-order valence-corrected chi connectivity index (χ0v) is 11.1. The minimum absolute atomic E-state index is 0.100. The highest BCUT2D eigenvalue weighted by Crippen LogP contribution is 2.19. The molecule has 0 amide bonds. The zero-order chi connectivity index (χ0) is 12.8. The van der Waals surface area contributed by atoms with Gasteiger partial charge in [0.05, 0.1) is 12.7 Å². The summed E-state index contributed by atoms with van der Waals surface area (Å²) < 4.78 is 10.9. The molecule has 0 heterocycles. The van der Waals surface area contributed by atoms with Gasteiger partial charge in [-0.1, -0.05) is 17.7 Å². The molecule has 0 spiro atoms. The van der Waals surface area contributed by atoms with E-state index in [4.69, 9.17) is 21.1 Å². The monoisotopic (exact) mass is 258 g/mol. The highest BCUT2D eigenvalue weighted by Gasteiger charge is 2.16. The van der Waals surface area contributed by atoms with E-state index in [1.54, 1.807) is 31.2 Å². The topological polar surface area (TPSA) is 38.7 Å². The Balaban J connectivity index is 2.45. The van der Waals surface area contributed by atoms with E-state index >= 15 is 0 Å². The molecule has 0 bridgehead atoms. The molecule has 0 aliphatic rings. The Morgan fingerprint density at radius 3 is 2.59 bits per heavy atom. The van der Waals surface area contributed by atoms with Crippen molar-refractivity contribution < 1.29 is 14.6 Å². The first-order valence-corrected chi connectivity index (χ1v) is 6.08. The number of aliphatic hydroxyl groups excluding tert-OH is 1. The summed E-state index contributed by atoms with van der Waals surface area (Å²) in [6.07, 6.45) is -0.897. The van der Waals surface area contributed by atoms with Gasteiger partial charge in [-0.25, -0.2) is 0 Å². The summed E-state index contributed by atoms with van der Waals surface area (Å²) in [4.78, 5) is 0. The SMILES string of the molecule is CC(C)OCC(O)C(C)Oc1cccc(Cl)c1. The van der Waals surface area contributed by atoms with E-state index in [2.05, 4.69) is 0 Å². The van der Waals surface area contributed by atoms with Crippen LogP contribution in [0, 0.1) is 0 Å². The number of hydrogen-bond acceptors (Lipinski definition) is 3. The molecule has 0 saturated carbocycles. The van der Waals surface area contributed by atoms with Gasteiger partial charge < -0.3 is 14.6 Å². The van der Waals surface area contributed by atoms with Crippen molar-refractivity contribution in [3.63, 3.8) is 0 Å². The molecule has 0 aromatic heterocycles. The Morgan fingerprint density at radius 1 is 1.29 bits per heavy atom. The van der Waals surface area contributed by atoms with E-state index in [1.807, 2.05) is 13.8 Å². The maximum atomic E-state index is 9.81. The third-order valence-corrected chi connectivity index (χ3v) is 2.50. The molecule has 2 atom stereocenters. The van der Waals surface area contributed by atoms with Crippen LogP contribution in [0.3, 0.4) is 0 Å². The molecule has 0 radical (unpaired) electrons. The van der Waals surface area contributed by atoms with Crippen molar-refractivity contribution in [2.24, 2.45) is 0 Å². The second kappa shape index (κ2) is 6.84. The Labute approximate surface area is 107 Å². The number of ether oxygens (including phenoxy) is 2. The summed E-state index contributed by atoms with van der Waals surface area (Å²) in [6, 6.07) is 7.10. The molecule has 0 aliphatic carbocycles. The Kier molecular flexibility index (Phi) is 5.75. The van der Waals surface area contributed by atoms with Crippen LogP contribution in [0.2, 0.25) is 5.02 Å². The fraction of sp³-hybridized carbons (Fsp3) is 0.538. The molecule has 4 heteroatoms. The zero-order valence-electron chi connectivity index (χ0n) is 10.4. The van der Waals surface area contributed by atoms with Gasteiger partial charge in [-0.05, 0) is 39.0 Å². The summed E-state index contributed by atoms with van der Waals surface area (Å²) in [5, 5.41) is 10.4. The Hall–Kier alpha value is -0.770. The molecule has 3 nitrogen and oxygen atoms in total. The Bertz CT molecular complexity index is 341. The summed E-state index contributed by atoms with van der Waals surface area (Å²) in [7, 11) is 0. The van der Waals surface area contributed by atoms with Crippen LogP contribution in [0.5, 0.6) is 5.75 Å². The van der Waals surface area contributed by atoms with Crippen LogP contribution in [0.25, 0.3) is 0 Å². The largest absolute Gasteiger partial charge is 0.488 e. The van der Waals surface area contributed by atoms with Gasteiger partial charge in [-0.15, -0.1) is 0 Å². The molecule has 1 aromatic rings. The van der Waals surface area contributed by atoms with E-state index in [9.17, 15) is 5.11 Å². The standard InChI is InChI=1S/C13H19ClO3/c1-9(2)16-8-13(15)10(3)17-12-6-4-5-11(14)7-12/h4-7,9-10,13,15H,8H2,1-3H3. The molecule has 0 fully saturated rings. The van der Waals surface area contributed by atoms with Gasteiger partial charge in [0.25, 0.3) is 0 Å². The number of halogens is 1. The van der Waals surface area contributed by atoms with Crippen molar-refractivity contribution in [2.75, 3.05) is 6.61 Å². The van der Waals surface area contributed by atoms with Crippen molar-refractivity contribution in [3.8, 4) is 5.75 Å². The highest BCUT2D eigenvalue weighted by atomic mass is 35.5. The highest BCUT2D eigenvalue weighted by molar-refractivity contribution is 6.30. The lowest BCUT2D eigenvalue weighted by Gasteiger charge is -2.21. The lowest BCUT2D eigenvalue weighted by molar-refractivity contribution is -0.0387. The molecule has 0 saturated heterocycles. The van der Waals surface area contributed by atoms with Gasteiger partial charge in [0, 0.05) is 5.02 Å². The fourth-order valence-electron chi connectivity index (χ4n) is 1.26. The number of benzene rings is 1. The van der Waals surface area contributed by atoms with Crippen molar-refractivity contribution >= 4 is 11.6 Å². The predicted molar refractivity (Wildman–Crippen MR) is 68.6 cm³/mol. The quantitative estimate of drug-likeness (QED) is 0.853. The Morgan fingerprint density at radius 2 is 2.00 bits per heavy atom. The van der Waals surface area contributed by atoms with E-state index in [-0.39, 0.29) is 18.8 Å². The summed E-state index contributed by atoms with van der Waals surface area (Å²) in [5.41, 5.74) is 0. The van der Waals surface area contributed by atoms with Crippen LogP contribution >= 0.6 is 11.6 Å². The molecular weight excluding hydrogens is 240 g/mol. The minimum Gasteiger partial charge on any atom is -0.488 e. The molecule has 2 unspecified atom stereocenters. The van der Waals surface area contributed by atoms with Crippen LogP contribution in [0.15, 0.2) is 24.3 Å². The fourth-order valence-corrected chi connectivity index (χ4v) is 1.44. The average Bonchev–Trinajstić information content (AvgIpc) is 2.25. The van der Waals surface area contributed by atoms with E-state index in [0.29, 0.717) is 10.8 Å². The van der Waals surface area contributed by atoms with Gasteiger partial charge in [0.2, 0.25) is 0 Å². The van der Waals surface area contributed by atoms with E-state index in [0.717, 1.165) is 0 Å². The van der Waals surface area contributed by atoms with Crippen molar-refractivity contribution in [2.45, 2.75) is 39.1 Å². The maximum absolute atomic E-state index is 9.81. The predicted octanol–water partition coefficient (Wildman–Crippen LogP) is 2.89. The van der Waals surface area contributed by atoms with E-state index in [1.165, 1.54) is 0 Å². The molecule has 0 aliphatic heterocycles. The molecule has 1 rings (SSSR count). The smallest absolute Gasteiger partial charge is 0.124 e. The van der Waals surface area contributed by atoms with E-state index < -0.39 is 6.10 Å². The molecular formula is C13H19ClO3. The summed E-state index contributed by atoms with van der Waals surface area (Å²) >= 11 is 5.84. The van der Waals surface area contributed by atoms with Crippen LogP contribution < -0.4 is 4.74 Å². The van der Waals surface area contributed by atoms with Gasteiger partial charge >= 0.3 is 0 Å². The average molecular weight is 259 g/mol. The second-order valence-electron chi connectivity index (χ2n) is 4.23. The van der Waals surface area contributed by atoms with Crippen LogP contribution in [0.4, 0.5) is 0 Å². The molecule has 1 N–H and O–H groups in total. The third-order valence-electron chi connectivity index (χ3n) is 2.26. The van der Waals surface area contributed by atoms with Gasteiger partial charge in [-0.3, -0.25) is 0 Å². The third kappa shape index (κ3) is 5.39. The number of rotatable bonds is 6. The molecule has 17 heavy (non-hydrogen) atoms. The van der Waals surface area contributed by atoms with Gasteiger partial charge in [0.15, 0.2) is 0 Å². The maximum Gasteiger partial charge on any atom is 0.124 e. The van der Waals surface area contributed by atoms with Crippen LogP contribution in [-0.4, -0.2) is 30.0 Å². The normalized spacial score (nSPS) is 14.7. The number of aliphatic hydroxyl groups is 1. The van der Waals surface area contributed by atoms with Crippen molar-refractivity contribution in [3.05, 3.63) is 29.3 Å². The lowest BCUT2D eigenvalue weighted by atomic mass is 10.2. The second-order valence-corrected chi connectivity index (χ2v) is 4.67. The first kappa shape index (κ1) is 14.3.